The molecule has 1 saturated heterocycles. The van der Waals surface area contributed by atoms with Crippen LogP contribution in [-0.2, 0) is 6.54 Å². The van der Waals surface area contributed by atoms with Crippen molar-refractivity contribution >= 4 is 0 Å². The van der Waals surface area contributed by atoms with Gasteiger partial charge in [-0.2, -0.15) is 5.10 Å². The van der Waals surface area contributed by atoms with Crippen LogP contribution in [-0.4, -0.2) is 46.4 Å². The number of β-amino-alcohol motifs (C(OH)–C–C–N with tert-alkyl or cyclic N) is 1. The molecule has 5 heteroatoms. The van der Waals surface area contributed by atoms with Crippen LogP contribution in [0, 0.1) is 5.92 Å². The summed E-state index contributed by atoms with van der Waals surface area (Å²) in [5, 5.41) is 20.7. The quantitative estimate of drug-likeness (QED) is 0.731. The Hall–Kier alpha value is -1.69. The largest absolute Gasteiger partial charge is 0.387 e. The molecule has 1 aliphatic heterocycles. The summed E-state index contributed by atoms with van der Waals surface area (Å²) in [5.74, 6) is 0.725. The molecule has 124 valence electrons. The van der Waals surface area contributed by atoms with Crippen LogP contribution >= 0.6 is 0 Å². The lowest BCUT2D eigenvalue weighted by Gasteiger charge is -2.33. The number of aromatic amines is 1. The van der Waals surface area contributed by atoms with Crippen molar-refractivity contribution in [3.63, 3.8) is 0 Å². The van der Waals surface area contributed by atoms with Gasteiger partial charge in [0.05, 0.1) is 6.10 Å². The van der Waals surface area contributed by atoms with Crippen LogP contribution in [0.5, 0.6) is 0 Å². The molecule has 0 aliphatic carbocycles. The predicted octanol–water partition coefficient (Wildman–Crippen LogP) is 1.94. The molecular formula is C18H26N4O. The number of rotatable bonds is 7. The molecule has 5 nitrogen and oxygen atoms in total. The maximum Gasteiger partial charge on any atom is 0.0916 e. The number of benzene rings is 1. The molecule has 1 aromatic carbocycles. The Kier molecular flexibility index (Phi) is 5.80. The maximum atomic E-state index is 10.3. The molecule has 2 aromatic rings. The number of aliphatic hydroxyl groups is 1. The highest BCUT2D eigenvalue weighted by Crippen LogP contribution is 2.20. The van der Waals surface area contributed by atoms with Crippen molar-refractivity contribution < 1.29 is 5.11 Å². The third-order valence-corrected chi connectivity index (χ3v) is 4.63. The molecular weight excluding hydrogens is 288 g/mol. The van der Waals surface area contributed by atoms with Gasteiger partial charge in [-0.25, -0.2) is 0 Å². The normalized spacial score (nSPS) is 18.1. The Morgan fingerprint density at radius 3 is 2.70 bits per heavy atom. The first-order chi connectivity index (χ1) is 11.3. The van der Waals surface area contributed by atoms with Crippen molar-refractivity contribution in [2.24, 2.45) is 5.92 Å². The molecule has 1 fully saturated rings. The highest BCUT2D eigenvalue weighted by Gasteiger charge is 2.21. The molecule has 1 aliphatic rings. The van der Waals surface area contributed by atoms with Gasteiger partial charge in [-0.1, -0.05) is 30.3 Å². The monoisotopic (exact) mass is 314 g/mol. The van der Waals surface area contributed by atoms with Gasteiger partial charge in [0.2, 0.25) is 0 Å². The molecule has 3 rings (SSSR count). The lowest BCUT2D eigenvalue weighted by Crippen LogP contribution is -2.39. The van der Waals surface area contributed by atoms with Gasteiger partial charge in [0.25, 0.3) is 0 Å². The van der Waals surface area contributed by atoms with Crippen molar-refractivity contribution in [2.45, 2.75) is 25.5 Å². The molecule has 1 atom stereocenters. The van der Waals surface area contributed by atoms with Crippen LogP contribution in [0.1, 0.15) is 30.2 Å². The van der Waals surface area contributed by atoms with Gasteiger partial charge in [0, 0.05) is 25.0 Å². The van der Waals surface area contributed by atoms with Crippen molar-refractivity contribution in [1.82, 2.24) is 20.4 Å². The number of aliphatic hydroxyl groups excluding tert-OH is 1. The number of H-pyrrole nitrogens is 1. The summed E-state index contributed by atoms with van der Waals surface area (Å²) in [5.41, 5.74) is 2.14. The van der Waals surface area contributed by atoms with Gasteiger partial charge < -0.3 is 15.3 Å². The minimum atomic E-state index is -0.383. The summed E-state index contributed by atoms with van der Waals surface area (Å²) in [7, 11) is 0. The van der Waals surface area contributed by atoms with E-state index in [0.29, 0.717) is 0 Å². The average molecular weight is 314 g/mol. The first kappa shape index (κ1) is 16.2. The third-order valence-electron chi connectivity index (χ3n) is 4.63. The summed E-state index contributed by atoms with van der Waals surface area (Å²) < 4.78 is 0. The van der Waals surface area contributed by atoms with Crippen LogP contribution in [0.4, 0.5) is 0 Å². The number of hydrogen-bond acceptors (Lipinski definition) is 4. The molecule has 0 bridgehead atoms. The Morgan fingerprint density at radius 1 is 1.22 bits per heavy atom. The van der Waals surface area contributed by atoms with Gasteiger partial charge in [-0.3, -0.25) is 5.10 Å². The van der Waals surface area contributed by atoms with Crippen molar-refractivity contribution in [2.75, 3.05) is 26.2 Å². The fourth-order valence-electron chi connectivity index (χ4n) is 3.19. The second kappa shape index (κ2) is 8.24. The van der Waals surface area contributed by atoms with Crippen LogP contribution in [0.3, 0.4) is 0 Å². The van der Waals surface area contributed by atoms with E-state index < -0.39 is 0 Å². The van der Waals surface area contributed by atoms with Gasteiger partial charge in [-0.15, -0.1) is 0 Å². The molecule has 2 heterocycles. The van der Waals surface area contributed by atoms with Gasteiger partial charge in [0.1, 0.15) is 0 Å². The van der Waals surface area contributed by atoms with E-state index in [-0.39, 0.29) is 6.10 Å². The van der Waals surface area contributed by atoms with E-state index in [0.717, 1.165) is 49.9 Å². The van der Waals surface area contributed by atoms with E-state index in [1.807, 2.05) is 36.4 Å². The standard InChI is InChI=1S/C18H26N4O/c23-18(16-4-2-1-3-5-16)14-22-10-7-15(8-11-22)12-19-13-17-6-9-20-21-17/h1-6,9,15,18-19,23H,7-8,10-14H2,(H,20,21)/t18-/m1/s1. The number of nitrogens with zero attached hydrogens (tertiary/aromatic N) is 2. The number of nitrogens with one attached hydrogen (secondary N) is 2. The van der Waals surface area contributed by atoms with Gasteiger partial charge in [-0.05, 0) is 50.0 Å². The number of piperidine rings is 1. The minimum absolute atomic E-state index is 0.383. The molecule has 1 aromatic heterocycles. The molecule has 0 amide bonds. The van der Waals surface area contributed by atoms with E-state index in [1.165, 1.54) is 12.8 Å². The number of aromatic nitrogens is 2. The van der Waals surface area contributed by atoms with Crippen LogP contribution in [0.2, 0.25) is 0 Å². The van der Waals surface area contributed by atoms with Crippen LogP contribution in [0.25, 0.3) is 0 Å². The number of hydrogen-bond donors (Lipinski definition) is 3. The Bertz CT molecular complexity index is 550. The second-order valence-corrected chi connectivity index (χ2v) is 6.38. The maximum absolute atomic E-state index is 10.3. The summed E-state index contributed by atoms with van der Waals surface area (Å²) in [4.78, 5) is 2.38. The zero-order valence-corrected chi connectivity index (χ0v) is 13.5. The minimum Gasteiger partial charge on any atom is -0.387 e. The SMILES string of the molecule is O[C@H](CN1CCC(CNCc2ccn[nH]2)CC1)c1ccccc1. The van der Waals surface area contributed by atoms with Crippen molar-refractivity contribution in [3.8, 4) is 0 Å². The summed E-state index contributed by atoms with van der Waals surface area (Å²) in [6.45, 7) is 4.78. The van der Waals surface area contributed by atoms with Crippen molar-refractivity contribution in [3.05, 3.63) is 53.9 Å². The summed E-state index contributed by atoms with van der Waals surface area (Å²) in [6.07, 6.45) is 3.79. The zero-order valence-electron chi connectivity index (χ0n) is 13.5. The lowest BCUT2D eigenvalue weighted by molar-refractivity contribution is 0.0891. The Morgan fingerprint density at radius 2 is 2.00 bits per heavy atom. The van der Waals surface area contributed by atoms with E-state index >= 15 is 0 Å². The van der Waals surface area contributed by atoms with Crippen LogP contribution < -0.4 is 5.32 Å². The van der Waals surface area contributed by atoms with Crippen LogP contribution in [0.15, 0.2) is 42.6 Å². The van der Waals surface area contributed by atoms with Gasteiger partial charge in [0.15, 0.2) is 0 Å². The molecule has 0 unspecified atom stereocenters. The Labute approximate surface area is 137 Å². The fraction of sp³-hybridized carbons (Fsp3) is 0.500. The number of likely N-dealkylation sites (tertiary alicyclic amines) is 1. The lowest BCUT2D eigenvalue weighted by atomic mass is 9.96. The highest BCUT2D eigenvalue weighted by molar-refractivity contribution is 5.17. The topological polar surface area (TPSA) is 64.2 Å². The summed E-state index contributed by atoms with van der Waals surface area (Å²) >= 11 is 0. The van der Waals surface area contributed by atoms with E-state index in [1.54, 1.807) is 6.20 Å². The van der Waals surface area contributed by atoms with E-state index in [2.05, 4.69) is 20.4 Å². The Balaban J connectivity index is 1.35. The van der Waals surface area contributed by atoms with E-state index in [4.69, 9.17) is 0 Å². The average Bonchev–Trinajstić information content (AvgIpc) is 3.11. The molecule has 23 heavy (non-hydrogen) atoms. The fourth-order valence-corrected chi connectivity index (χ4v) is 3.19. The zero-order chi connectivity index (χ0) is 15.9. The smallest absolute Gasteiger partial charge is 0.0916 e. The molecule has 0 spiro atoms. The third kappa shape index (κ3) is 4.89. The summed E-state index contributed by atoms with van der Waals surface area (Å²) in [6, 6.07) is 11.9. The molecule has 3 N–H and O–H groups in total. The molecule has 0 radical (unpaired) electrons. The van der Waals surface area contributed by atoms with Crippen molar-refractivity contribution in [1.29, 1.82) is 0 Å². The van der Waals surface area contributed by atoms with E-state index in [9.17, 15) is 5.11 Å². The highest BCUT2D eigenvalue weighted by atomic mass is 16.3. The predicted molar refractivity (Wildman–Crippen MR) is 90.9 cm³/mol. The van der Waals surface area contributed by atoms with Gasteiger partial charge >= 0.3 is 0 Å². The first-order valence-electron chi connectivity index (χ1n) is 8.45. The second-order valence-electron chi connectivity index (χ2n) is 6.38. The first-order valence-corrected chi connectivity index (χ1v) is 8.45. The molecule has 0 saturated carbocycles.